The summed E-state index contributed by atoms with van der Waals surface area (Å²) in [6.45, 7) is 3.25. The minimum Gasteiger partial charge on any atom is -0.381 e. The lowest BCUT2D eigenvalue weighted by Gasteiger charge is -2.06. The number of rotatable bonds is 8. The van der Waals surface area contributed by atoms with E-state index in [0.29, 0.717) is 31.9 Å². The zero-order valence-electron chi connectivity index (χ0n) is 12.9. The monoisotopic (exact) mass is 298 g/mol. The maximum absolute atomic E-state index is 11.8. The van der Waals surface area contributed by atoms with Crippen LogP contribution in [0, 0.1) is 6.92 Å². The number of anilines is 1. The molecule has 0 aliphatic heterocycles. The van der Waals surface area contributed by atoms with Crippen molar-refractivity contribution in [3.05, 3.63) is 59.8 Å². The van der Waals surface area contributed by atoms with Gasteiger partial charge in [-0.1, -0.05) is 30.3 Å². The van der Waals surface area contributed by atoms with Crippen molar-refractivity contribution in [3.8, 4) is 0 Å². The lowest BCUT2D eigenvalue weighted by atomic mass is 10.2. The fourth-order valence-corrected chi connectivity index (χ4v) is 2.08. The Morgan fingerprint density at radius 3 is 2.77 bits per heavy atom. The van der Waals surface area contributed by atoms with Crippen molar-refractivity contribution >= 4 is 11.7 Å². The van der Waals surface area contributed by atoms with Crippen LogP contribution in [0.2, 0.25) is 0 Å². The van der Waals surface area contributed by atoms with Gasteiger partial charge in [-0.25, -0.2) is 4.98 Å². The fraction of sp³-hybridized carbons (Fsp3) is 0.333. The second-order valence-electron chi connectivity index (χ2n) is 5.22. The van der Waals surface area contributed by atoms with Crippen LogP contribution in [0.15, 0.2) is 48.7 Å². The Morgan fingerprint density at radius 1 is 1.18 bits per heavy atom. The number of pyridine rings is 1. The number of nitrogens with zero attached hydrogens (tertiary/aromatic N) is 1. The maximum Gasteiger partial charge on any atom is 0.225 e. The smallest absolute Gasteiger partial charge is 0.225 e. The summed E-state index contributed by atoms with van der Waals surface area (Å²) in [5.41, 5.74) is 2.35. The first-order valence-corrected chi connectivity index (χ1v) is 7.58. The molecule has 1 aromatic heterocycles. The van der Waals surface area contributed by atoms with Crippen LogP contribution in [-0.2, 0) is 16.0 Å². The van der Waals surface area contributed by atoms with Crippen LogP contribution in [0.25, 0.3) is 0 Å². The molecule has 1 heterocycles. The number of aryl methyl sites for hydroxylation is 1. The van der Waals surface area contributed by atoms with Crippen LogP contribution < -0.4 is 5.32 Å². The molecule has 1 N–H and O–H groups in total. The van der Waals surface area contributed by atoms with Gasteiger partial charge in [0, 0.05) is 19.2 Å². The summed E-state index contributed by atoms with van der Waals surface area (Å²) in [6, 6.07) is 14.0. The molecule has 0 fully saturated rings. The topological polar surface area (TPSA) is 51.2 Å². The first-order valence-electron chi connectivity index (χ1n) is 7.58. The van der Waals surface area contributed by atoms with E-state index in [0.717, 1.165) is 12.0 Å². The zero-order chi connectivity index (χ0) is 15.6. The molecular weight excluding hydrogens is 276 g/mol. The third-order valence-electron chi connectivity index (χ3n) is 3.25. The Kier molecular flexibility index (Phi) is 6.58. The predicted molar refractivity (Wildman–Crippen MR) is 87.8 cm³/mol. The molecule has 116 valence electrons. The van der Waals surface area contributed by atoms with E-state index < -0.39 is 0 Å². The Bertz CT molecular complexity index is 585. The number of ether oxygens (including phenoxy) is 1. The van der Waals surface area contributed by atoms with E-state index in [2.05, 4.69) is 22.4 Å². The quantitative estimate of drug-likeness (QED) is 0.760. The molecule has 2 rings (SSSR count). The highest BCUT2D eigenvalue weighted by Gasteiger charge is 2.03. The largest absolute Gasteiger partial charge is 0.381 e. The molecule has 2 aromatic rings. The van der Waals surface area contributed by atoms with Crippen molar-refractivity contribution in [1.82, 2.24) is 4.98 Å². The van der Waals surface area contributed by atoms with Crippen LogP contribution in [-0.4, -0.2) is 24.1 Å². The Balaban J connectivity index is 1.56. The molecule has 0 unspecified atom stereocenters. The fourth-order valence-electron chi connectivity index (χ4n) is 2.08. The molecule has 0 saturated heterocycles. The van der Waals surface area contributed by atoms with Crippen LogP contribution in [0.4, 0.5) is 5.82 Å². The first kappa shape index (κ1) is 16.2. The second-order valence-corrected chi connectivity index (χ2v) is 5.22. The minimum absolute atomic E-state index is 0.0234. The van der Waals surface area contributed by atoms with E-state index in [4.69, 9.17) is 4.74 Å². The van der Waals surface area contributed by atoms with Gasteiger partial charge in [0.15, 0.2) is 0 Å². The molecular formula is C18H22N2O2. The average molecular weight is 298 g/mol. The Morgan fingerprint density at radius 2 is 2.00 bits per heavy atom. The molecule has 1 aromatic carbocycles. The molecule has 1 amide bonds. The summed E-state index contributed by atoms with van der Waals surface area (Å²) >= 11 is 0. The molecule has 0 saturated carbocycles. The van der Waals surface area contributed by atoms with Gasteiger partial charge in [0.2, 0.25) is 5.91 Å². The molecule has 0 aliphatic rings. The lowest BCUT2D eigenvalue weighted by Crippen LogP contribution is -2.13. The number of hydrogen-bond acceptors (Lipinski definition) is 3. The van der Waals surface area contributed by atoms with Crippen molar-refractivity contribution in [2.24, 2.45) is 0 Å². The van der Waals surface area contributed by atoms with Gasteiger partial charge in [0.05, 0.1) is 6.61 Å². The van der Waals surface area contributed by atoms with E-state index in [9.17, 15) is 4.79 Å². The number of carbonyl (C=O) groups is 1. The summed E-state index contributed by atoms with van der Waals surface area (Å²) in [4.78, 5) is 15.9. The van der Waals surface area contributed by atoms with Gasteiger partial charge in [-0.2, -0.15) is 0 Å². The predicted octanol–water partition coefficient (Wildman–Crippen LogP) is 3.37. The Labute approximate surface area is 131 Å². The van der Waals surface area contributed by atoms with Gasteiger partial charge in [-0.3, -0.25) is 4.79 Å². The number of nitrogens with one attached hydrogen (secondary N) is 1. The van der Waals surface area contributed by atoms with Crippen LogP contribution in [0.3, 0.4) is 0 Å². The van der Waals surface area contributed by atoms with E-state index >= 15 is 0 Å². The highest BCUT2D eigenvalue weighted by molar-refractivity contribution is 5.89. The van der Waals surface area contributed by atoms with Crippen molar-refractivity contribution in [2.45, 2.75) is 26.2 Å². The van der Waals surface area contributed by atoms with Gasteiger partial charge >= 0.3 is 0 Å². The standard InChI is InChI=1S/C18H22N2O2/c1-15-9-11-19-17(14-15)20-18(21)8-5-12-22-13-10-16-6-3-2-4-7-16/h2-4,6-7,9,11,14H,5,8,10,12-13H2,1H3,(H,19,20,21). The van der Waals surface area contributed by atoms with Gasteiger partial charge in [0.25, 0.3) is 0 Å². The molecule has 4 nitrogen and oxygen atoms in total. The third kappa shape index (κ3) is 6.06. The van der Waals surface area contributed by atoms with E-state index in [1.807, 2.05) is 37.3 Å². The summed E-state index contributed by atoms with van der Waals surface area (Å²) < 4.78 is 5.56. The SMILES string of the molecule is Cc1ccnc(NC(=O)CCCOCCc2ccccc2)c1. The zero-order valence-corrected chi connectivity index (χ0v) is 12.9. The van der Waals surface area contributed by atoms with Crippen LogP contribution in [0.5, 0.6) is 0 Å². The number of hydrogen-bond donors (Lipinski definition) is 1. The van der Waals surface area contributed by atoms with Crippen molar-refractivity contribution in [2.75, 3.05) is 18.5 Å². The van der Waals surface area contributed by atoms with E-state index in [1.165, 1.54) is 5.56 Å². The number of amides is 1. The molecule has 4 heteroatoms. The second kappa shape index (κ2) is 8.95. The normalized spacial score (nSPS) is 10.4. The van der Waals surface area contributed by atoms with E-state index in [-0.39, 0.29) is 5.91 Å². The van der Waals surface area contributed by atoms with Gasteiger partial charge in [-0.05, 0) is 43.0 Å². The average Bonchev–Trinajstić information content (AvgIpc) is 2.52. The number of benzene rings is 1. The molecule has 0 atom stereocenters. The molecule has 22 heavy (non-hydrogen) atoms. The highest BCUT2D eigenvalue weighted by atomic mass is 16.5. The highest BCUT2D eigenvalue weighted by Crippen LogP contribution is 2.06. The number of carbonyl (C=O) groups excluding carboxylic acids is 1. The van der Waals surface area contributed by atoms with Crippen molar-refractivity contribution in [3.63, 3.8) is 0 Å². The maximum atomic E-state index is 11.8. The molecule has 0 spiro atoms. The van der Waals surface area contributed by atoms with Crippen LogP contribution in [0.1, 0.15) is 24.0 Å². The molecule has 0 bridgehead atoms. The van der Waals surface area contributed by atoms with Gasteiger partial charge < -0.3 is 10.1 Å². The van der Waals surface area contributed by atoms with Gasteiger partial charge in [-0.15, -0.1) is 0 Å². The summed E-state index contributed by atoms with van der Waals surface area (Å²) in [5, 5.41) is 2.79. The lowest BCUT2D eigenvalue weighted by molar-refractivity contribution is -0.116. The summed E-state index contributed by atoms with van der Waals surface area (Å²) in [5.74, 6) is 0.583. The summed E-state index contributed by atoms with van der Waals surface area (Å²) in [6.07, 6.45) is 3.76. The summed E-state index contributed by atoms with van der Waals surface area (Å²) in [7, 11) is 0. The van der Waals surface area contributed by atoms with Crippen LogP contribution >= 0.6 is 0 Å². The van der Waals surface area contributed by atoms with Gasteiger partial charge in [0.1, 0.15) is 5.82 Å². The van der Waals surface area contributed by atoms with Crippen molar-refractivity contribution in [1.29, 1.82) is 0 Å². The van der Waals surface area contributed by atoms with E-state index in [1.54, 1.807) is 6.20 Å². The Hall–Kier alpha value is -2.20. The minimum atomic E-state index is -0.0234. The third-order valence-corrected chi connectivity index (χ3v) is 3.25. The molecule has 0 aliphatic carbocycles. The first-order chi connectivity index (χ1) is 10.7. The number of aromatic nitrogens is 1. The molecule has 0 radical (unpaired) electrons. The van der Waals surface area contributed by atoms with Crippen molar-refractivity contribution < 1.29 is 9.53 Å².